The monoisotopic (exact) mass is 317 g/mol. The molecular formula is C17H23N3O3. The SMILES string of the molecule is C[C@@H]1CC(=O)Nc2ccccc2N1C(=O)CN1CCC[C@@H]1CO. The zero-order valence-corrected chi connectivity index (χ0v) is 13.4. The number of aliphatic hydroxyl groups is 1. The minimum atomic E-state index is -0.193. The maximum Gasteiger partial charge on any atom is 0.241 e. The van der Waals surface area contributed by atoms with Gasteiger partial charge in [-0.25, -0.2) is 0 Å². The van der Waals surface area contributed by atoms with Crippen LogP contribution in [0.1, 0.15) is 26.2 Å². The van der Waals surface area contributed by atoms with Gasteiger partial charge in [-0.15, -0.1) is 0 Å². The maximum atomic E-state index is 12.9. The predicted molar refractivity (Wildman–Crippen MR) is 88.3 cm³/mol. The number of carbonyl (C=O) groups is 2. The molecule has 6 nitrogen and oxygen atoms in total. The molecule has 0 unspecified atom stereocenters. The van der Waals surface area contributed by atoms with Crippen molar-refractivity contribution in [3.05, 3.63) is 24.3 Å². The number of nitrogens with one attached hydrogen (secondary N) is 1. The number of hydrogen-bond donors (Lipinski definition) is 2. The summed E-state index contributed by atoms with van der Waals surface area (Å²) in [4.78, 5) is 28.6. The van der Waals surface area contributed by atoms with E-state index in [1.165, 1.54) is 0 Å². The normalized spacial score (nSPS) is 25.0. The number of benzene rings is 1. The van der Waals surface area contributed by atoms with E-state index in [1.807, 2.05) is 36.1 Å². The second-order valence-corrected chi connectivity index (χ2v) is 6.33. The molecule has 2 aliphatic rings. The van der Waals surface area contributed by atoms with Crippen LogP contribution in [0.15, 0.2) is 24.3 Å². The zero-order valence-electron chi connectivity index (χ0n) is 13.4. The van der Waals surface area contributed by atoms with Gasteiger partial charge in [0.2, 0.25) is 11.8 Å². The molecule has 0 aromatic heterocycles. The zero-order chi connectivity index (χ0) is 16.4. The maximum absolute atomic E-state index is 12.9. The smallest absolute Gasteiger partial charge is 0.241 e. The van der Waals surface area contributed by atoms with Crippen molar-refractivity contribution in [2.75, 3.05) is 29.9 Å². The molecule has 1 saturated heterocycles. The lowest BCUT2D eigenvalue weighted by Gasteiger charge is -2.31. The average Bonchev–Trinajstić information content (AvgIpc) is 2.90. The number of hydrogen-bond acceptors (Lipinski definition) is 4. The first kappa shape index (κ1) is 16.0. The molecule has 124 valence electrons. The third-order valence-corrected chi connectivity index (χ3v) is 4.68. The summed E-state index contributed by atoms with van der Waals surface area (Å²) in [6.07, 6.45) is 2.21. The van der Waals surface area contributed by atoms with Crippen molar-refractivity contribution in [1.82, 2.24) is 4.90 Å². The number of anilines is 2. The van der Waals surface area contributed by atoms with Crippen LogP contribution >= 0.6 is 0 Å². The van der Waals surface area contributed by atoms with Gasteiger partial charge in [-0.2, -0.15) is 0 Å². The van der Waals surface area contributed by atoms with Crippen molar-refractivity contribution >= 4 is 23.2 Å². The van der Waals surface area contributed by atoms with Crippen molar-refractivity contribution in [2.45, 2.75) is 38.3 Å². The molecule has 0 aliphatic carbocycles. The number of fused-ring (bicyclic) bond motifs is 1. The first-order valence-electron chi connectivity index (χ1n) is 8.16. The van der Waals surface area contributed by atoms with Crippen LogP contribution in [0.5, 0.6) is 0 Å². The van der Waals surface area contributed by atoms with E-state index < -0.39 is 0 Å². The molecule has 0 bridgehead atoms. The van der Waals surface area contributed by atoms with E-state index in [0.717, 1.165) is 25.1 Å². The molecule has 2 amide bonds. The van der Waals surface area contributed by atoms with Crippen LogP contribution in [0.3, 0.4) is 0 Å². The van der Waals surface area contributed by atoms with Gasteiger partial charge in [0.25, 0.3) is 0 Å². The first-order valence-corrected chi connectivity index (χ1v) is 8.16. The van der Waals surface area contributed by atoms with Crippen LogP contribution in [0.25, 0.3) is 0 Å². The third kappa shape index (κ3) is 3.23. The number of likely N-dealkylation sites (tertiary alicyclic amines) is 1. The van der Waals surface area contributed by atoms with Gasteiger partial charge in [-0.05, 0) is 38.4 Å². The van der Waals surface area contributed by atoms with E-state index in [9.17, 15) is 14.7 Å². The summed E-state index contributed by atoms with van der Waals surface area (Å²) >= 11 is 0. The van der Waals surface area contributed by atoms with Gasteiger partial charge in [-0.1, -0.05) is 12.1 Å². The van der Waals surface area contributed by atoms with Gasteiger partial charge < -0.3 is 15.3 Å². The highest BCUT2D eigenvalue weighted by Gasteiger charge is 2.32. The van der Waals surface area contributed by atoms with Crippen molar-refractivity contribution in [3.63, 3.8) is 0 Å². The molecule has 1 fully saturated rings. The Labute approximate surface area is 136 Å². The summed E-state index contributed by atoms with van der Waals surface area (Å²) in [5, 5.41) is 12.3. The van der Waals surface area contributed by atoms with Crippen molar-refractivity contribution in [3.8, 4) is 0 Å². The second-order valence-electron chi connectivity index (χ2n) is 6.33. The number of aliphatic hydroxyl groups excluding tert-OH is 1. The third-order valence-electron chi connectivity index (χ3n) is 4.68. The molecule has 0 radical (unpaired) electrons. The molecule has 2 N–H and O–H groups in total. The van der Waals surface area contributed by atoms with Crippen LogP contribution in [-0.2, 0) is 9.59 Å². The lowest BCUT2D eigenvalue weighted by Crippen LogP contribution is -2.46. The van der Waals surface area contributed by atoms with E-state index in [-0.39, 0.29) is 43.5 Å². The highest BCUT2D eigenvalue weighted by Crippen LogP contribution is 2.31. The highest BCUT2D eigenvalue weighted by molar-refractivity contribution is 6.04. The molecule has 2 heterocycles. The van der Waals surface area contributed by atoms with Gasteiger partial charge >= 0.3 is 0 Å². The van der Waals surface area contributed by atoms with Gasteiger partial charge in [-0.3, -0.25) is 14.5 Å². The topological polar surface area (TPSA) is 72.9 Å². The van der Waals surface area contributed by atoms with Crippen LogP contribution in [0.4, 0.5) is 11.4 Å². The fourth-order valence-corrected chi connectivity index (χ4v) is 3.53. The van der Waals surface area contributed by atoms with E-state index in [0.29, 0.717) is 5.69 Å². The van der Waals surface area contributed by atoms with E-state index >= 15 is 0 Å². The predicted octanol–water partition coefficient (Wildman–Crippen LogP) is 1.21. The number of rotatable bonds is 3. The molecule has 1 aromatic carbocycles. The Balaban J connectivity index is 1.84. The van der Waals surface area contributed by atoms with Crippen LogP contribution in [0, 0.1) is 0 Å². The van der Waals surface area contributed by atoms with Crippen molar-refractivity contribution < 1.29 is 14.7 Å². The lowest BCUT2D eigenvalue weighted by molar-refractivity contribution is -0.120. The molecule has 2 aliphatic heterocycles. The Morgan fingerprint density at radius 2 is 2.17 bits per heavy atom. The van der Waals surface area contributed by atoms with E-state index in [1.54, 1.807) is 4.90 Å². The molecular weight excluding hydrogens is 294 g/mol. The highest BCUT2D eigenvalue weighted by atomic mass is 16.3. The second kappa shape index (κ2) is 6.68. The molecule has 2 atom stereocenters. The molecule has 6 heteroatoms. The van der Waals surface area contributed by atoms with Crippen LogP contribution < -0.4 is 10.2 Å². The summed E-state index contributed by atoms with van der Waals surface area (Å²) in [5.74, 6) is -0.101. The van der Waals surface area contributed by atoms with Crippen molar-refractivity contribution in [1.29, 1.82) is 0 Å². The largest absolute Gasteiger partial charge is 0.395 e. The summed E-state index contributed by atoms with van der Waals surface area (Å²) in [6.45, 7) is 3.09. The van der Waals surface area contributed by atoms with E-state index in [2.05, 4.69) is 5.32 Å². The molecule has 3 rings (SSSR count). The molecule has 0 saturated carbocycles. The summed E-state index contributed by atoms with van der Waals surface area (Å²) in [7, 11) is 0. The van der Waals surface area contributed by atoms with Crippen LogP contribution in [0.2, 0.25) is 0 Å². The lowest BCUT2D eigenvalue weighted by atomic mass is 10.1. The summed E-state index contributed by atoms with van der Waals surface area (Å²) in [6, 6.07) is 7.27. The Kier molecular flexibility index (Phi) is 4.63. The summed E-state index contributed by atoms with van der Waals surface area (Å²) in [5.41, 5.74) is 1.42. The van der Waals surface area contributed by atoms with Gasteiger partial charge in [0.15, 0.2) is 0 Å². The average molecular weight is 317 g/mol. The minimum absolute atomic E-state index is 0.0261. The first-order chi connectivity index (χ1) is 11.1. The number of amides is 2. The van der Waals surface area contributed by atoms with Gasteiger partial charge in [0.05, 0.1) is 24.5 Å². The molecule has 1 aromatic rings. The molecule has 23 heavy (non-hydrogen) atoms. The van der Waals surface area contributed by atoms with Crippen molar-refractivity contribution in [2.24, 2.45) is 0 Å². The van der Waals surface area contributed by atoms with E-state index in [4.69, 9.17) is 0 Å². The Hall–Kier alpha value is -1.92. The Bertz CT molecular complexity index is 605. The van der Waals surface area contributed by atoms with Gasteiger partial charge in [0, 0.05) is 18.5 Å². The fraction of sp³-hybridized carbons (Fsp3) is 0.529. The van der Waals surface area contributed by atoms with Gasteiger partial charge in [0.1, 0.15) is 0 Å². The Morgan fingerprint density at radius 1 is 1.39 bits per heavy atom. The fourth-order valence-electron chi connectivity index (χ4n) is 3.53. The number of para-hydroxylation sites is 2. The standard InChI is InChI=1S/C17H23N3O3/c1-12-9-16(22)18-14-6-2-3-7-15(14)20(12)17(23)10-19-8-4-5-13(19)11-21/h2-3,6-7,12-13,21H,4-5,8-11H2,1H3,(H,18,22)/t12-,13-/m1/s1. The quantitative estimate of drug-likeness (QED) is 0.879. The molecule has 0 spiro atoms. The minimum Gasteiger partial charge on any atom is -0.395 e. The number of carbonyl (C=O) groups excluding carboxylic acids is 2. The van der Waals surface area contributed by atoms with Crippen LogP contribution in [-0.4, -0.2) is 53.6 Å². The Morgan fingerprint density at radius 3 is 2.96 bits per heavy atom. The number of nitrogens with zero attached hydrogens (tertiary/aromatic N) is 2. The summed E-state index contributed by atoms with van der Waals surface area (Å²) < 4.78 is 0.